The summed E-state index contributed by atoms with van der Waals surface area (Å²) >= 11 is 0. The van der Waals surface area contributed by atoms with Crippen molar-refractivity contribution in [2.24, 2.45) is 0 Å². The SMILES string of the molecule is COc1ccc(C(C)Nc2ccc(CN3CCOCC3)cn2)cc1. The van der Waals surface area contributed by atoms with Gasteiger partial charge in [-0.15, -0.1) is 0 Å². The summed E-state index contributed by atoms with van der Waals surface area (Å²) in [6, 6.07) is 12.5. The van der Waals surface area contributed by atoms with Crippen LogP contribution in [0.3, 0.4) is 0 Å². The molecule has 0 spiro atoms. The van der Waals surface area contributed by atoms with Gasteiger partial charge < -0.3 is 14.8 Å². The molecule has 1 aliphatic heterocycles. The highest BCUT2D eigenvalue weighted by Crippen LogP contribution is 2.21. The molecule has 0 saturated carbocycles. The van der Waals surface area contributed by atoms with Crippen LogP contribution in [0.25, 0.3) is 0 Å². The fraction of sp³-hybridized carbons (Fsp3) is 0.421. The predicted octanol–water partition coefficient (Wildman–Crippen LogP) is 3.10. The molecule has 0 bridgehead atoms. The van der Waals surface area contributed by atoms with E-state index in [4.69, 9.17) is 9.47 Å². The van der Waals surface area contributed by atoms with E-state index in [1.165, 1.54) is 11.1 Å². The fourth-order valence-electron chi connectivity index (χ4n) is 2.82. The maximum atomic E-state index is 5.38. The topological polar surface area (TPSA) is 46.6 Å². The molecule has 3 rings (SSSR count). The van der Waals surface area contributed by atoms with Gasteiger partial charge in [0.2, 0.25) is 0 Å². The van der Waals surface area contributed by atoms with Crippen LogP contribution in [0, 0.1) is 0 Å². The van der Waals surface area contributed by atoms with Gasteiger partial charge in [-0.3, -0.25) is 4.90 Å². The predicted molar refractivity (Wildman–Crippen MR) is 95.4 cm³/mol. The zero-order valence-electron chi connectivity index (χ0n) is 14.4. The van der Waals surface area contributed by atoms with E-state index in [2.05, 4.69) is 46.4 Å². The summed E-state index contributed by atoms with van der Waals surface area (Å²) in [6.45, 7) is 6.71. The molecule has 1 fully saturated rings. The summed E-state index contributed by atoms with van der Waals surface area (Å²) in [4.78, 5) is 6.95. The number of hydrogen-bond donors (Lipinski definition) is 1. The van der Waals surface area contributed by atoms with Crippen LogP contribution in [-0.2, 0) is 11.3 Å². The molecule has 24 heavy (non-hydrogen) atoms. The van der Waals surface area contributed by atoms with Gasteiger partial charge in [-0.1, -0.05) is 18.2 Å². The van der Waals surface area contributed by atoms with E-state index < -0.39 is 0 Å². The lowest BCUT2D eigenvalue weighted by molar-refractivity contribution is 0.0341. The highest BCUT2D eigenvalue weighted by molar-refractivity contribution is 5.40. The Hall–Kier alpha value is -2.11. The van der Waals surface area contributed by atoms with Crippen molar-refractivity contribution in [2.75, 3.05) is 38.7 Å². The number of morpholine rings is 1. The standard InChI is InChI=1S/C19H25N3O2/c1-15(17-4-6-18(23-2)7-5-17)21-19-8-3-16(13-20-19)14-22-9-11-24-12-10-22/h3-8,13,15H,9-12,14H2,1-2H3,(H,20,21). The first-order valence-electron chi connectivity index (χ1n) is 8.40. The minimum Gasteiger partial charge on any atom is -0.497 e. The number of anilines is 1. The quantitative estimate of drug-likeness (QED) is 0.883. The molecule has 1 aromatic carbocycles. The lowest BCUT2D eigenvalue weighted by Crippen LogP contribution is -2.35. The summed E-state index contributed by atoms with van der Waals surface area (Å²) < 4.78 is 10.6. The molecule has 1 aromatic heterocycles. The van der Waals surface area contributed by atoms with Gasteiger partial charge in [-0.2, -0.15) is 0 Å². The molecule has 1 atom stereocenters. The van der Waals surface area contributed by atoms with E-state index in [1.54, 1.807) is 7.11 Å². The number of aromatic nitrogens is 1. The van der Waals surface area contributed by atoms with Crippen LogP contribution in [0.5, 0.6) is 5.75 Å². The summed E-state index contributed by atoms with van der Waals surface area (Å²) in [5.74, 6) is 1.76. The molecule has 1 N–H and O–H groups in total. The van der Waals surface area contributed by atoms with Gasteiger partial charge in [0.15, 0.2) is 0 Å². The molecule has 2 heterocycles. The molecule has 2 aromatic rings. The van der Waals surface area contributed by atoms with Crippen molar-refractivity contribution in [2.45, 2.75) is 19.5 Å². The second kappa shape index (κ2) is 8.13. The van der Waals surface area contributed by atoms with E-state index in [-0.39, 0.29) is 6.04 Å². The zero-order chi connectivity index (χ0) is 16.8. The molecule has 128 valence electrons. The highest BCUT2D eigenvalue weighted by atomic mass is 16.5. The Labute approximate surface area is 143 Å². The van der Waals surface area contributed by atoms with E-state index >= 15 is 0 Å². The molecular weight excluding hydrogens is 302 g/mol. The Morgan fingerprint density at radius 3 is 2.54 bits per heavy atom. The second-order valence-corrected chi connectivity index (χ2v) is 6.08. The molecule has 1 unspecified atom stereocenters. The van der Waals surface area contributed by atoms with Crippen molar-refractivity contribution in [3.63, 3.8) is 0 Å². The van der Waals surface area contributed by atoms with E-state index in [0.717, 1.165) is 44.4 Å². The zero-order valence-corrected chi connectivity index (χ0v) is 14.4. The minimum absolute atomic E-state index is 0.188. The third-order valence-electron chi connectivity index (χ3n) is 4.31. The van der Waals surface area contributed by atoms with Crippen molar-refractivity contribution in [3.8, 4) is 5.75 Å². The van der Waals surface area contributed by atoms with Crippen molar-refractivity contribution in [1.82, 2.24) is 9.88 Å². The Balaban J connectivity index is 1.56. The maximum absolute atomic E-state index is 5.38. The Morgan fingerprint density at radius 1 is 1.17 bits per heavy atom. The monoisotopic (exact) mass is 327 g/mol. The van der Waals surface area contributed by atoms with Crippen molar-refractivity contribution in [3.05, 3.63) is 53.7 Å². The largest absolute Gasteiger partial charge is 0.497 e. The van der Waals surface area contributed by atoms with E-state index in [0.29, 0.717) is 0 Å². The smallest absolute Gasteiger partial charge is 0.126 e. The molecular formula is C19H25N3O2. The number of hydrogen-bond acceptors (Lipinski definition) is 5. The number of ether oxygens (including phenoxy) is 2. The highest BCUT2D eigenvalue weighted by Gasteiger charge is 2.11. The van der Waals surface area contributed by atoms with Gasteiger partial charge in [0.05, 0.1) is 20.3 Å². The summed E-state index contributed by atoms with van der Waals surface area (Å²) in [5.41, 5.74) is 2.44. The summed E-state index contributed by atoms with van der Waals surface area (Å²) in [5, 5.41) is 3.44. The maximum Gasteiger partial charge on any atom is 0.126 e. The lowest BCUT2D eigenvalue weighted by Gasteiger charge is -2.26. The van der Waals surface area contributed by atoms with Crippen LogP contribution in [0.15, 0.2) is 42.6 Å². The Bertz CT molecular complexity index is 622. The first-order chi connectivity index (χ1) is 11.7. The van der Waals surface area contributed by atoms with Crippen LogP contribution in [0.1, 0.15) is 24.1 Å². The Morgan fingerprint density at radius 2 is 1.92 bits per heavy atom. The first-order valence-corrected chi connectivity index (χ1v) is 8.40. The van der Waals surface area contributed by atoms with Gasteiger partial charge in [0.1, 0.15) is 11.6 Å². The number of benzene rings is 1. The van der Waals surface area contributed by atoms with Crippen LogP contribution >= 0.6 is 0 Å². The van der Waals surface area contributed by atoms with E-state index in [9.17, 15) is 0 Å². The van der Waals surface area contributed by atoms with Crippen LogP contribution < -0.4 is 10.1 Å². The normalized spacial score (nSPS) is 16.6. The minimum atomic E-state index is 0.188. The fourth-order valence-corrected chi connectivity index (χ4v) is 2.82. The molecule has 5 nitrogen and oxygen atoms in total. The number of nitrogens with zero attached hydrogens (tertiary/aromatic N) is 2. The molecule has 5 heteroatoms. The lowest BCUT2D eigenvalue weighted by atomic mass is 10.1. The third kappa shape index (κ3) is 4.46. The van der Waals surface area contributed by atoms with Gasteiger partial charge in [-0.05, 0) is 36.2 Å². The Kier molecular flexibility index (Phi) is 5.67. The molecule has 1 aliphatic rings. The van der Waals surface area contributed by atoms with Crippen LogP contribution in [0.2, 0.25) is 0 Å². The average Bonchev–Trinajstić information content (AvgIpc) is 2.64. The first kappa shape index (κ1) is 16.7. The summed E-state index contributed by atoms with van der Waals surface area (Å²) in [7, 11) is 1.68. The number of methoxy groups -OCH3 is 1. The second-order valence-electron chi connectivity index (χ2n) is 6.08. The molecule has 0 amide bonds. The van der Waals surface area contributed by atoms with Crippen molar-refractivity contribution < 1.29 is 9.47 Å². The average molecular weight is 327 g/mol. The number of rotatable bonds is 6. The molecule has 0 aliphatic carbocycles. The molecule has 0 radical (unpaired) electrons. The van der Waals surface area contributed by atoms with Crippen molar-refractivity contribution in [1.29, 1.82) is 0 Å². The third-order valence-corrected chi connectivity index (χ3v) is 4.31. The van der Waals surface area contributed by atoms with Gasteiger partial charge in [0.25, 0.3) is 0 Å². The van der Waals surface area contributed by atoms with Crippen LogP contribution in [0.4, 0.5) is 5.82 Å². The van der Waals surface area contributed by atoms with Gasteiger partial charge >= 0.3 is 0 Å². The number of pyridine rings is 1. The van der Waals surface area contributed by atoms with Crippen molar-refractivity contribution >= 4 is 5.82 Å². The summed E-state index contributed by atoms with van der Waals surface area (Å²) in [6.07, 6.45) is 1.96. The van der Waals surface area contributed by atoms with E-state index in [1.807, 2.05) is 18.3 Å². The van der Waals surface area contributed by atoms with Gasteiger partial charge in [-0.25, -0.2) is 4.98 Å². The number of nitrogens with one attached hydrogen (secondary N) is 1. The van der Waals surface area contributed by atoms with Gasteiger partial charge in [0, 0.05) is 31.9 Å². The molecule has 1 saturated heterocycles. The van der Waals surface area contributed by atoms with Crippen LogP contribution in [-0.4, -0.2) is 43.3 Å².